The predicted octanol–water partition coefficient (Wildman–Crippen LogP) is 27.9. The molecule has 109 heavy (non-hydrogen) atoms. The number of rotatable bonds is 90. The van der Waals surface area contributed by atoms with Gasteiger partial charge >= 0.3 is 39.5 Å². The van der Waals surface area contributed by atoms with Gasteiger partial charge < -0.3 is 33.8 Å². The molecule has 3 N–H and O–H groups in total. The van der Waals surface area contributed by atoms with Gasteiger partial charge in [-0.3, -0.25) is 37.3 Å². The molecule has 17 nitrogen and oxygen atoms in total. The number of unbranched alkanes of at least 4 members (excludes halogenated alkanes) is 62. The number of aliphatic hydroxyl groups excluding tert-OH is 1. The fourth-order valence-corrected chi connectivity index (χ4v) is 15.8. The number of phosphoric acid groups is 2. The summed E-state index contributed by atoms with van der Waals surface area (Å²) in [6.45, 7) is 7.41. The first-order chi connectivity index (χ1) is 53.0. The van der Waals surface area contributed by atoms with Crippen LogP contribution in [0.15, 0.2) is 0 Å². The first-order valence-corrected chi connectivity index (χ1v) is 49.6. The number of esters is 4. The molecule has 19 heteroatoms. The molecule has 0 radical (unpaired) electrons. The van der Waals surface area contributed by atoms with E-state index in [0.717, 1.165) is 95.8 Å². The minimum atomic E-state index is -4.97. The molecule has 0 aromatic heterocycles. The maximum Gasteiger partial charge on any atom is 0.472 e. The van der Waals surface area contributed by atoms with E-state index >= 15 is 0 Å². The van der Waals surface area contributed by atoms with Gasteiger partial charge in [-0.2, -0.15) is 0 Å². The van der Waals surface area contributed by atoms with Gasteiger partial charge in [0, 0.05) is 25.7 Å². The normalized spacial score (nSPS) is 13.7. The summed E-state index contributed by atoms with van der Waals surface area (Å²) in [7, 11) is -9.93. The summed E-state index contributed by atoms with van der Waals surface area (Å²) in [6, 6.07) is 0. The van der Waals surface area contributed by atoms with Gasteiger partial charge in [-0.15, -0.1) is 0 Å². The van der Waals surface area contributed by atoms with Crippen molar-refractivity contribution in [3.8, 4) is 0 Å². The fraction of sp³-hybridized carbons (Fsp3) is 0.956. The van der Waals surface area contributed by atoms with Gasteiger partial charge in [0.1, 0.15) is 19.3 Å². The molecule has 0 aromatic rings. The van der Waals surface area contributed by atoms with Crippen LogP contribution in [0.2, 0.25) is 0 Å². The van der Waals surface area contributed by atoms with Crippen LogP contribution < -0.4 is 0 Å². The van der Waals surface area contributed by atoms with Gasteiger partial charge in [-0.05, 0) is 31.6 Å². The van der Waals surface area contributed by atoms with Gasteiger partial charge in [0.2, 0.25) is 0 Å². The summed E-state index contributed by atoms with van der Waals surface area (Å²) in [5.41, 5.74) is 0. The second kappa shape index (κ2) is 82.6. The molecule has 0 aromatic carbocycles. The number of carbonyl (C=O) groups excluding carboxylic acids is 4. The maximum absolute atomic E-state index is 13.2. The van der Waals surface area contributed by atoms with Gasteiger partial charge in [0.25, 0.3) is 0 Å². The summed E-state index contributed by atoms with van der Waals surface area (Å²) < 4.78 is 69.1. The van der Waals surface area contributed by atoms with Gasteiger partial charge in [0.15, 0.2) is 12.2 Å². The number of ether oxygens (including phenoxy) is 4. The average molecular weight is 1590 g/mol. The molecule has 0 fully saturated rings. The molecular formula is C90H176O17P2. The zero-order valence-corrected chi connectivity index (χ0v) is 73.5. The Morgan fingerprint density at radius 1 is 0.248 bits per heavy atom. The third-order valence-electron chi connectivity index (χ3n) is 21.3. The van der Waals surface area contributed by atoms with Gasteiger partial charge in [0.05, 0.1) is 26.4 Å². The fourth-order valence-electron chi connectivity index (χ4n) is 14.2. The van der Waals surface area contributed by atoms with Crippen LogP contribution in [-0.4, -0.2) is 96.7 Å². The Kier molecular flexibility index (Phi) is 81.1. The summed E-state index contributed by atoms with van der Waals surface area (Å²) in [6.07, 6.45) is 77.8. The summed E-state index contributed by atoms with van der Waals surface area (Å²) in [4.78, 5) is 73.4. The SMILES string of the molecule is CCCCCCCCCCCCCCCCCCCCCCC(=O)OC[C@H](COP(=O)(O)OC[C@@H](O)COP(=O)(O)OC[C@@H](COC(=O)CCCCCCCCCCCCCC)OC(=O)CCCCCCCCCCCCCCCCC(C)C)OC(=O)CCCCCCCCCCCCCCCCCCCCCC. The average Bonchev–Trinajstić information content (AvgIpc) is 0.899. The quantitative estimate of drug-likeness (QED) is 0.0222. The predicted molar refractivity (Wildman–Crippen MR) is 451 cm³/mol. The van der Waals surface area contributed by atoms with Crippen molar-refractivity contribution in [2.45, 2.75) is 509 Å². The first kappa shape index (κ1) is 107. The van der Waals surface area contributed by atoms with Gasteiger partial charge in [-0.25, -0.2) is 9.13 Å². The van der Waals surface area contributed by atoms with E-state index in [1.165, 1.54) is 315 Å². The van der Waals surface area contributed by atoms with Crippen LogP contribution in [0.3, 0.4) is 0 Å². The van der Waals surface area contributed by atoms with Crippen LogP contribution in [0.5, 0.6) is 0 Å². The Bertz CT molecular complexity index is 2070. The van der Waals surface area contributed by atoms with Crippen molar-refractivity contribution in [2.24, 2.45) is 5.92 Å². The first-order valence-electron chi connectivity index (χ1n) is 46.6. The van der Waals surface area contributed by atoms with Crippen molar-refractivity contribution >= 4 is 39.5 Å². The van der Waals surface area contributed by atoms with Crippen molar-refractivity contribution in [2.75, 3.05) is 39.6 Å². The second-order valence-corrected chi connectivity index (χ2v) is 35.7. The van der Waals surface area contributed by atoms with Crippen LogP contribution in [0, 0.1) is 5.92 Å². The van der Waals surface area contributed by atoms with E-state index in [1.807, 2.05) is 0 Å². The van der Waals surface area contributed by atoms with E-state index in [-0.39, 0.29) is 25.7 Å². The Hall–Kier alpha value is -1.94. The molecule has 0 aliphatic rings. The largest absolute Gasteiger partial charge is 0.472 e. The second-order valence-electron chi connectivity index (χ2n) is 32.8. The van der Waals surface area contributed by atoms with E-state index in [9.17, 15) is 43.2 Å². The van der Waals surface area contributed by atoms with E-state index < -0.39 is 97.5 Å². The molecule has 2 unspecified atom stereocenters. The highest BCUT2D eigenvalue weighted by Crippen LogP contribution is 2.45. The number of hydrogen-bond donors (Lipinski definition) is 3. The van der Waals surface area contributed by atoms with E-state index in [0.29, 0.717) is 25.7 Å². The number of carbonyl (C=O) groups is 4. The van der Waals surface area contributed by atoms with Crippen molar-refractivity contribution in [3.63, 3.8) is 0 Å². The van der Waals surface area contributed by atoms with E-state index in [4.69, 9.17) is 37.0 Å². The highest BCUT2D eigenvalue weighted by molar-refractivity contribution is 7.47. The lowest BCUT2D eigenvalue weighted by Crippen LogP contribution is -2.30. The molecule has 0 bridgehead atoms. The third kappa shape index (κ3) is 83.8. The molecule has 5 atom stereocenters. The van der Waals surface area contributed by atoms with Gasteiger partial charge in [-0.1, -0.05) is 439 Å². The topological polar surface area (TPSA) is 237 Å². The molecule has 0 amide bonds. The van der Waals surface area contributed by atoms with Crippen LogP contribution >= 0.6 is 15.6 Å². The lowest BCUT2D eigenvalue weighted by atomic mass is 10.0. The van der Waals surface area contributed by atoms with E-state index in [2.05, 4.69) is 34.6 Å². The highest BCUT2D eigenvalue weighted by atomic mass is 31.2. The molecule has 648 valence electrons. The van der Waals surface area contributed by atoms with Crippen molar-refractivity contribution in [3.05, 3.63) is 0 Å². The lowest BCUT2D eigenvalue weighted by Gasteiger charge is -2.21. The van der Waals surface area contributed by atoms with Crippen LogP contribution in [0.4, 0.5) is 0 Å². The zero-order chi connectivity index (χ0) is 79.7. The highest BCUT2D eigenvalue weighted by Gasteiger charge is 2.31. The Morgan fingerprint density at radius 2 is 0.422 bits per heavy atom. The summed E-state index contributed by atoms with van der Waals surface area (Å²) >= 11 is 0. The monoisotopic (exact) mass is 1590 g/mol. The molecule has 0 rings (SSSR count). The molecule has 0 aliphatic heterocycles. The standard InChI is InChI=1S/C90H176O17P2/c1-6-9-12-15-18-21-24-27-29-31-33-35-37-39-44-49-54-59-64-69-74-88(93)101-80-86(107-89(94)75-70-65-60-55-50-45-40-38-36-34-32-30-28-25-22-19-16-13-10-7-2)82-105-109(98,99)103-78-84(91)77-102-108(96,97)104-81-85(79-100-87(92)73-68-63-58-53-48-26-23-20-17-14-11-8-3)106-90(95)76-71-66-61-56-51-46-42-41-43-47-52-57-62-67-72-83(4)5/h83-86,91H,6-82H2,1-5H3,(H,96,97)(H,98,99)/t84-,85+,86+/m0/s1. The van der Waals surface area contributed by atoms with Crippen molar-refractivity contribution in [1.82, 2.24) is 0 Å². The molecule has 0 saturated heterocycles. The smallest absolute Gasteiger partial charge is 0.462 e. The number of aliphatic hydroxyl groups is 1. The van der Waals surface area contributed by atoms with Crippen LogP contribution in [-0.2, 0) is 65.4 Å². The third-order valence-corrected chi connectivity index (χ3v) is 23.2. The summed E-state index contributed by atoms with van der Waals surface area (Å²) in [5, 5.41) is 10.7. The van der Waals surface area contributed by atoms with Crippen LogP contribution in [0.1, 0.15) is 490 Å². The molecule has 0 aliphatic carbocycles. The van der Waals surface area contributed by atoms with Crippen molar-refractivity contribution < 1.29 is 80.2 Å². The maximum atomic E-state index is 13.2. The molecule has 0 spiro atoms. The Balaban J connectivity index is 5.24. The van der Waals surface area contributed by atoms with Crippen molar-refractivity contribution in [1.29, 1.82) is 0 Å². The zero-order valence-electron chi connectivity index (χ0n) is 71.7. The minimum absolute atomic E-state index is 0.108. The summed E-state index contributed by atoms with van der Waals surface area (Å²) in [5.74, 6) is -1.30. The number of hydrogen-bond acceptors (Lipinski definition) is 15. The molecular weight excluding hydrogens is 1410 g/mol. The van der Waals surface area contributed by atoms with E-state index in [1.54, 1.807) is 0 Å². The minimum Gasteiger partial charge on any atom is -0.462 e. The Morgan fingerprint density at radius 3 is 0.624 bits per heavy atom. The Labute approximate surface area is 670 Å². The lowest BCUT2D eigenvalue weighted by molar-refractivity contribution is -0.161. The van der Waals surface area contributed by atoms with Crippen LogP contribution in [0.25, 0.3) is 0 Å². The molecule has 0 saturated carbocycles. The molecule has 0 heterocycles. The number of phosphoric ester groups is 2.